The van der Waals surface area contributed by atoms with E-state index in [0.717, 1.165) is 22.6 Å². The minimum atomic E-state index is 0.153. The molecule has 1 N–H and O–H groups in total. The van der Waals surface area contributed by atoms with Gasteiger partial charge in [-0.3, -0.25) is 0 Å². The first-order chi connectivity index (χ1) is 8.17. The largest absolute Gasteiger partial charge is 0.493 e. The Labute approximate surface area is 103 Å². The molecular formula is C13H21NO3. The van der Waals surface area contributed by atoms with Crippen LogP contribution in [0.15, 0.2) is 12.1 Å². The van der Waals surface area contributed by atoms with Crippen molar-refractivity contribution in [2.24, 2.45) is 0 Å². The van der Waals surface area contributed by atoms with Crippen molar-refractivity contribution in [3.05, 3.63) is 23.3 Å². The number of hydrogen-bond acceptors (Lipinski definition) is 4. The van der Waals surface area contributed by atoms with E-state index < -0.39 is 0 Å². The van der Waals surface area contributed by atoms with Crippen LogP contribution >= 0.6 is 0 Å². The lowest BCUT2D eigenvalue weighted by Gasteiger charge is -2.20. The fourth-order valence-electron chi connectivity index (χ4n) is 1.87. The highest BCUT2D eigenvalue weighted by Crippen LogP contribution is 2.32. The first-order valence-corrected chi connectivity index (χ1v) is 5.56. The van der Waals surface area contributed by atoms with Gasteiger partial charge in [-0.2, -0.15) is 0 Å². The molecule has 0 bridgehead atoms. The zero-order chi connectivity index (χ0) is 12.8. The molecule has 1 unspecified atom stereocenters. The van der Waals surface area contributed by atoms with Gasteiger partial charge in [-0.05, 0) is 37.2 Å². The maximum Gasteiger partial charge on any atom is 0.161 e. The van der Waals surface area contributed by atoms with Crippen LogP contribution in [0.2, 0.25) is 0 Å². The van der Waals surface area contributed by atoms with Gasteiger partial charge in [0.15, 0.2) is 11.5 Å². The van der Waals surface area contributed by atoms with Crippen LogP contribution in [0.25, 0.3) is 0 Å². The molecule has 0 heterocycles. The highest BCUT2D eigenvalue weighted by molar-refractivity contribution is 5.48. The Hall–Kier alpha value is -1.26. The molecule has 1 aromatic rings. The Morgan fingerprint density at radius 2 is 1.71 bits per heavy atom. The molecule has 0 saturated heterocycles. The van der Waals surface area contributed by atoms with Crippen LogP contribution in [0.1, 0.15) is 17.2 Å². The van der Waals surface area contributed by atoms with Crippen LogP contribution in [0.4, 0.5) is 0 Å². The summed E-state index contributed by atoms with van der Waals surface area (Å²) in [4.78, 5) is 0. The molecule has 0 aliphatic heterocycles. The summed E-state index contributed by atoms with van der Waals surface area (Å²) >= 11 is 0. The number of benzene rings is 1. The predicted molar refractivity (Wildman–Crippen MR) is 68.0 cm³/mol. The topological polar surface area (TPSA) is 39.7 Å². The molecule has 4 nitrogen and oxygen atoms in total. The van der Waals surface area contributed by atoms with Crippen molar-refractivity contribution in [3.63, 3.8) is 0 Å². The van der Waals surface area contributed by atoms with Gasteiger partial charge >= 0.3 is 0 Å². The lowest BCUT2D eigenvalue weighted by molar-refractivity contribution is 0.170. The van der Waals surface area contributed by atoms with Gasteiger partial charge in [0.2, 0.25) is 0 Å². The van der Waals surface area contributed by atoms with E-state index in [1.807, 2.05) is 19.2 Å². The van der Waals surface area contributed by atoms with Gasteiger partial charge in [-0.25, -0.2) is 0 Å². The molecule has 0 fully saturated rings. The number of methoxy groups -OCH3 is 3. The fourth-order valence-corrected chi connectivity index (χ4v) is 1.87. The molecule has 1 rings (SSSR count). The molecule has 17 heavy (non-hydrogen) atoms. The molecule has 0 radical (unpaired) electrons. The third kappa shape index (κ3) is 3.11. The van der Waals surface area contributed by atoms with Gasteiger partial charge in [0.05, 0.1) is 26.9 Å². The minimum Gasteiger partial charge on any atom is -0.493 e. The Bertz CT molecular complexity index is 366. The van der Waals surface area contributed by atoms with E-state index in [1.54, 1.807) is 21.3 Å². The van der Waals surface area contributed by atoms with E-state index in [-0.39, 0.29) is 6.04 Å². The molecule has 96 valence electrons. The van der Waals surface area contributed by atoms with Crippen molar-refractivity contribution in [2.45, 2.75) is 13.0 Å². The summed E-state index contributed by atoms with van der Waals surface area (Å²) in [7, 11) is 6.89. The summed E-state index contributed by atoms with van der Waals surface area (Å²) < 4.78 is 15.8. The molecule has 0 aliphatic rings. The van der Waals surface area contributed by atoms with Gasteiger partial charge in [-0.1, -0.05) is 0 Å². The van der Waals surface area contributed by atoms with E-state index in [4.69, 9.17) is 14.2 Å². The van der Waals surface area contributed by atoms with Gasteiger partial charge in [0.25, 0.3) is 0 Å². The number of aryl methyl sites for hydroxylation is 1. The van der Waals surface area contributed by atoms with Crippen LogP contribution in [-0.2, 0) is 4.74 Å². The van der Waals surface area contributed by atoms with Crippen LogP contribution < -0.4 is 14.8 Å². The van der Waals surface area contributed by atoms with Crippen molar-refractivity contribution in [1.82, 2.24) is 5.32 Å². The lowest BCUT2D eigenvalue weighted by Crippen LogP contribution is -2.22. The normalized spacial score (nSPS) is 12.3. The summed E-state index contributed by atoms with van der Waals surface area (Å²) in [6.45, 7) is 2.67. The Morgan fingerprint density at radius 3 is 2.18 bits per heavy atom. The number of ether oxygens (including phenoxy) is 3. The smallest absolute Gasteiger partial charge is 0.161 e. The van der Waals surface area contributed by atoms with Gasteiger partial charge < -0.3 is 19.5 Å². The van der Waals surface area contributed by atoms with Crippen molar-refractivity contribution in [3.8, 4) is 11.5 Å². The summed E-state index contributed by atoms with van der Waals surface area (Å²) in [6, 6.07) is 4.13. The Kier molecular flexibility index (Phi) is 5.25. The van der Waals surface area contributed by atoms with Gasteiger partial charge in [-0.15, -0.1) is 0 Å². The Morgan fingerprint density at radius 1 is 1.12 bits per heavy atom. The minimum absolute atomic E-state index is 0.153. The molecule has 4 heteroatoms. The lowest BCUT2D eigenvalue weighted by atomic mass is 10.0. The van der Waals surface area contributed by atoms with E-state index in [9.17, 15) is 0 Å². The zero-order valence-corrected chi connectivity index (χ0v) is 11.2. The third-order valence-corrected chi connectivity index (χ3v) is 2.83. The molecule has 0 aliphatic carbocycles. The molecule has 1 aromatic carbocycles. The highest BCUT2D eigenvalue weighted by atomic mass is 16.5. The number of hydrogen-bond donors (Lipinski definition) is 1. The highest BCUT2D eigenvalue weighted by Gasteiger charge is 2.15. The molecule has 1 atom stereocenters. The summed E-state index contributed by atoms with van der Waals surface area (Å²) in [5.41, 5.74) is 2.31. The van der Waals surface area contributed by atoms with Crippen LogP contribution in [-0.4, -0.2) is 35.0 Å². The second-order valence-electron chi connectivity index (χ2n) is 3.86. The van der Waals surface area contributed by atoms with E-state index >= 15 is 0 Å². The molecule has 0 aromatic heterocycles. The monoisotopic (exact) mass is 239 g/mol. The molecular weight excluding hydrogens is 218 g/mol. The average molecular weight is 239 g/mol. The van der Waals surface area contributed by atoms with E-state index in [2.05, 4.69) is 12.2 Å². The summed E-state index contributed by atoms with van der Waals surface area (Å²) in [5, 5.41) is 3.23. The average Bonchev–Trinajstić information content (AvgIpc) is 2.36. The standard InChI is InChI=1S/C13H21NO3/c1-9-6-12(16-4)13(17-5)7-10(9)11(14-2)8-15-3/h6-7,11,14H,8H2,1-5H3. The predicted octanol–water partition coefficient (Wildman–Crippen LogP) is 1.92. The number of nitrogens with one attached hydrogen (secondary N) is 1. The summed E-state index contributed by atoms with van der Waals surface area (Å²) in [6.07, 6.45) is 0. The molecule has 0 saturated carbocycles. The first-order valence-electron chi connectivity index (χ1n) is 5.56. The van der Waals surface area contributed by atoms with Crippen molar-refractivity contribution >= 4 is 0 Å². The molecule has 0 spiro atoms. The van der Waals surface area contributed by atoms with Crippen molar-refractivity contribution in [1.29, 1.82) is 0 Å². The number of likely N-dealkylation sites (N-methyl/N-ethyl adjacent to an activating group) is 1. The fraction of sp³-hybridized carbons (Fsp3) is 0.538. The zero-order valence-electron chi connectivity index (χ0n) is 11.2. The van der Waals surface area contributed by atoms with Crippen LogP contribution in [0, 0.1) is 6.92 Å². The van der Waals surface area contributed by atoms with E-state index in [0.29, 0.717) is 6.61 Å². The maximum absolute atomic E-state index is 5.31. The quantitative estimate of drug-likeness (QED) is 0.823. The van der Waals surface area contributed by atoms with E-state index in [1.165, 1.54) is 0 Å². The SMILES string of the molecule is CNC(COC)c1cc(OC)c(OC)cc1C. The second kappa shape index (κ2) is 6.47. The Balaban J connectivity index is 3.14. The van der Waals surface area contributed by atoms with Crippen molar-refractivity contribution in [2.75, 3.05) is 35.0 Å². The van der Waals surface area contributed by atoms with Gasteiger partial charge in [0, 0.05) is 7.11 Å². The summed E-state index contributed by atoms with van der Waals surface area (Å²) in [5.74, 6) is 1.49. The van der Waals surface area contributed by atoms with Gasteiger partial charge in [0.1, 0.15) is 0 Å². The molecule has 0 amide bonds. The second-order valence-corrected chi connectivity index (χ2v) is 3.86. The van der Waals surface area contributed by atoms with Crippen LogP contribution in [0.5, 0.6) is 11.5 Å². The number of rotatable bonds is 6. The van der Waals surface area contributed by atoms with Crippen molar-refractivity contribution < 1.29 is 14.2 Å². The maximum atomic E-state index is 5.31. The first kappa shape index (κ1) is 13.8. The third-order valence-electron chi connectivity index (χ3n) is 2.83. The van der Waals surface area contributed by atoms with Crippen LogP contribution in [0.3, 0.4) is 0 Å².